The Labute approximate surface area is 117 Å². The first-order valence-electron chi connectivity index (χ1n) is 6.81. The number of carboxylic acids is 1. The first-order chi connectivity index (χ1) is 9.62. The summed E-state index contributed by atoms with van der Waals surface area (Å²) < 4.78 is 0. The van der Waals surface area contributed by atoms with Crippen molar-refractivity contribution in [3.8, 4) is 0 Å². The number of hydrogen-bond donors (Lipinski definition) is 3. The second-order valence-electron chi connectivity index (χ2n) is 5.20. The van der Waals surface area contributed by atoms with Crippen molar-refractivity contribution in [2.24, 2.45) is 5.41 Å². The Morgan fingerprint density at radius 2 is 2.05 bits per heavy atom. The van der Waals surface area contributed by atoms with Crippen LogP contribution in [0.5, 0.6) is 0 Å². The highest BCUT2D eigenvalue weighted by molar-refractivity contribution is 5.89. The molecule has 1 aromatic heterocycles. The van der Waals surface area contributed by atoms with Crippen LogP contribution in [0.25, 0.3) is 0 Å². The molecule has 0 bridgehead atoms. The van der Waals surface area contributed by atoms with Crippen LogP contribution in [0.3, 0.4) is 0 Å². The third kappa shape index (κ3) is 3.46. The second-order valence-corrected chi connectivity index (χ2v) is 5.20. The molecule has 108 valence electrons. The van der Waals surface area contributed by atoms with E-state index in [0.29, 0.717) is 18.5 Å². The molecule has 0 spiro atoms. The van der Waals surface area contributed by atoms with E-state index in [1.54, 1.807) is 18.3 Å². The van der Waals surface area contributed by atoms with Crippen molar-refractivity contribution >= 4 is 17.7 Å². The highest BCUT2D eigenvalue weighted by Crippen LogP contribution is 2.35. The van der Waals surface area contributed by atoms with Gasteiger partial charge in [-0.3, -0.25) is 9.78 Å². The van der Waals surface area contributed by atoms with Gasteiger partial charge in [0.25, 0.3) is 0 Å². The molecule has 1 fully saturated rings. The maximum Gasteiger partial charge on any atom is 0.319 e. The maximum absolute atomic E-state index is 11.8. The maximum atomic E-state index is 11.8. The minimum Gasteiger partial charge on any atom is -0.481 e. The van der Waals surface area contributed by atoms with Crippen molar-refractivity contribution in [1.29, 1.82) is 0 Å². The molecule has 0 radical (unpaired) electrons. The third-order valence-corrected chi connectivity index (χ3v) is 3.77. The molecule has 0 saturated heterocycles. The van der Waals surface area contributed by atoms with Gasteiger partial charge in [-0.2, -0.15) is 0 Å². The Kier molecular flexibility index (Phi) is 4.55. The van der Waals surface area contributed by atoms with E-state index < -0.39 is 17.4 Å². The van der Waals surface area contributed by atoms with Crippen LogP contribution in [0.4, 0.5) is 10.5 Å². The first kappa shape index (κ1) is 14.3. The van der Waals surface area contributed by atoms with Crippen LogP contribution in [0, 0.1) is 5.41 Å². The average molecular weight is 277 g/mol. The number of amides is 2. The molecule has 6 nitrogen and oxygen atoms in total. The van der Waals surface area contributed by atoms with E-state index in [4.69, 9.17) is 0 Å². The number of hydrogen-bond acceptors (Lipinski definition) is 3. The highest BCUT2D eigenvalue weighted by atomic mass is 16.4. The number of rotatable bonds is 4. The Bertz CT molecular complexity index is 470. The number of pyridine rings is 1. The van der Waals surface area contributed by atoms with Crippen molar-refractivity contribution in [3.05, 3.63) is 24.5 Å². The Morgan fingerprint density at radius 1 is 1.30 bits per heavy atom. The van der Waals surface area contributed by atoms with Gasteiger partial charge in [0.2, 0.25) is 0 Å². The molecule has 3 N–H and O–H groups in total. The number of nitrogens with zero attached hydrogens (tertiary/aromatic N) is 1. The molecular formula is C14H19N3O3. The minimum atomic E-state index is -0.820. The van der Waals surface area contributed by atoms with Gasteiger partial charge in [-0.15, -0.1) is 0 Å². The zero-order valence-electron chi connectivity index (χ0n) is 11.3. The molecular weight excluding hydrogens is 258 g/mol. The van der Waals surface area contributed by atoms with Crippen LogP contribution in [0.2, 0.25) is 0 Å². The van der Waals surface area contributed by atoms with Gasteiger partial charge in [0.05, 0.1) is 17.3 Å². The summed E-state index contributed by atoms with van der Waals surface area (Å²) in [6.45, 7) is 0.161. The summed E-state index contributed by atoms with van der Waals surface area (Å²) in [7, 11) is 0. The Hall–Kier alpha value is -2.11. The molecule has 0 atom stereocenters. The zero-order chi connectivity index (χ0) is 14.4. The average Bonchev–Trinajstić information content (AvgIpc) is 2.47. The molecule has 1 aromatic rings. The number of aromatic nitrogens is 1. The fraction of sp³-hybridized carbons (Fsp3) is 0.500. The van der Waals surface area contributed by atoms with Gasteiger partial charge >= 0.3 is 12.0 Å². The Balaban J connectivity index is 1.89. The van der Waals surface area contributed by atoms with E-state index in [1.165, 1.54) is 6.20 Å². The van der Waals surface area contributed by atoms with E-state index in [0.717, 1.165) is 19.3 Å². The summed E-state index contributed by atoms with van der Waals surface area (Å²) >= 11 is 0. The standard InChI is InChI=1S/C14H19N3O3/c18-12(19)14(6-2-1-3-7-14)10-16-13(20)17-11-5-4-8-15-9-11/h4-5,8-9H,1-3,6-7,10H2,(H,18,19)(H2,16,17,20). The van der Waals surface area contributed by atoms with Gasteiger partial charge < -0.3 is 15.7 Å². The summed E-state index contributed by atoms with van der Waals surface area (Å²) in [5, 5.41) is 14.7. The van der Waals surface area contributed by atoms with Crippen LogP contribution in [-0.4, -0.2) is 28.6 Å². The van der Waals surface area contributed by atoms with E-state index in [2.05, 4.69) is 15.6 Å². The summed E-state index contributed by atoms with van der Waals surface area (Å²) in [5.74, 6) is -0.820. The van der Waals surface area contributed by atoms with Gasteiger partial charge in [-0.05, 0) is 25.0 Å². The number of aliphatic carboxylic acids is 1. The van der Waals surface area contributed by atoms with Crippen LogP contribution >= 0.6 is 0 Å². The predicted molar refractivity (Wildman–Crippen MR) is 74.4 cm³/mol. The van der Waals surface area contributed by atoms with Gasteiger partial charge in [0, 0.05) is 12.7 Å². The van der Waals surface area contributed by atoms with Gasteiger partial charge in [-0.1, -0.05) is 19.3 Å². The Morgan fingerprint density at radius 3 is 2.65 bits per heavy atom. The monoisotopic (exact) mass is 277 g/mol. The first-order valence-corrected chi connectivity index (χ1v) is 6.81. The molecule has 0 aromatic carbocycles. The van der Waals surface area contributed by atoms with Gasteiger partial charge in [0.1, 0.15) is 0 Å². The zero-order valence-corrected chi connectivity index (χ0v) is 11.3. The topological polar surface area (TPSA) is 91.3 Å². The summed E-state index contributed by atoms with van der Waals surface area (Å²) in [6, 6.07) is 3.04. The lowest BCUT2D eigenvalue weighted by Crippen LogP contribution is -2.45. The third-order valence-electron chi connectivity index (χ3n) is 3.77. The molecule has 2 amide bonds. The fourth-order valence-electron chi connectivity index (χ4n) is 2.56. The van der Waals surface area contributed by atoms with Crippen molar-refractivity contribution in [1.82, 2.24) is 10.3 Å². The molecule has 2 rings (SSSR count). The van der Waals surface area contributed by atoms with Crippen molar-refractivity contribution < 1.29 is 14.7 Å². The lowest BCUT2D eigenvalue weighted by Gasteiger charge is -2.33. The molecule has 6 heteroatoms. The molecule has 20 heavy (non-hydrogen) atoms. The van der Waals surface area contributed by atoms with Crippen molar-refractivity contribution in [2.45, 2.75) is 32.1 Å². The lowest BCUT2D eigenvalue weighted by molar-refractivity contribution is -0.150. The van der Waals surface area contributed by atoms with E-state index in [9.17, 15) is 14.7 Å². The highest BCUT2D eigenvalue weighted by Gasteiger charge is 2.39. The predicted octanol–water partition coefficient (Wildman–Crippen LogP) is 2.24. The molecule has 1 aliphatic rings. The van der Waals surface area contributed by atoms with Crippen molar-refractivity contribution in [3.63, 3.8) is 0 Å². The molecule has 0 unspecified atom stereocenters. The number of carboxylic acid groups (broad SMARTS) is 1. The minimum absolute atomic E-state index is 0.161. The number of urea groups is 1. The van der Waals surface area contributed by atoms with E-state index >= 15 is 0 Å². The molecule has 1 aliphatic carbocycles. The summed E-state index contributed by atoms with van der Waals surface area (Å²) in [4.78, 5) is 27.1. The van der Waals surface area contributed by atoms with Gasteiger partial charge in [-0.25, -0.2) is 4.79 Å². The van der Waals surface area contributed by atoms with E-state index in [1.807, 2.05) is 0 Å². The van der Waals surface area contributed by atoms with Crippen LogP contribution in [0.1, 0.15) is 32.1 Å². The van der Waals surface area contributed by atoms with Crippen LogP contribution in [0.15, 0.2) is 24.5 Å². The smallest absolute Gasteiger partial charge is 0.319 e. The van der Waals surface area contributed by atoms with Crippen molar-refractivity contribution in [2.75, 3.05) is 11.9 Å². The van der Waals surface area contributed by atoms with Crippen LogP contribution < -0.4 is 10.6 Å². The number of anilines is 1. The quantitative estimate of drug-likeness (QED) is 0.787. The lowest BCUT2D eigenvalue weighted by atomic mass is 9.74. The SMILES string of the molecule is O=C(NCC1(C(=O)O)CCCCC1)Nc1cccnc1. The molecule has 1 heterocycles. The molecule has 0 aliphatic heterocycles. The molecule has 1 saturated carbocycles. The van der Waals surface area contributed by atoms with E-state index in [-0.39, 0.29) is 6.54 Å². The normalized spacial score (nSPS) is 17.2. The summed E-state index contributed by atoms with van der Waals surface area (Å²) in [5.41, 5.74) is -0.233. The fourth-order valence-corrected chi connectivity index (χ4v) is 2.56. The number of nitrogens with one attached hydrogen (secondary N) is 2. The van der Waals surface area contributed by atoms with Crippen LogP contribution in [-0.2, 0) is 4.79 Å². The summed E-state index contributed by atoms with van der Waals surface area (Å²) in [6.07, 6.45) is 7.26. The number of carbonyl (C=O) groups is 2. The number of carbonyl (C=O) groups excluding carboxylic acids is 1. The largest absolute Gasteiger partial charge is 0.481 e. The van der Waals surface area contributed by atoms with Gasteiger partial charge in [0.15, 0.2) is 0 Å². The second kappa shape index (κ2) is 6.36.